The molecule has 0 saturated carbocycles. The Bertz CT molecular complexity index is 1860. The molecule has 6 rings (SSSR count). The van der Waals surface area contributed by atoms with Gasteiger partial charge < -0.3 is 4.74 Å². The molecule has 0 aliphatic rings. The number of aldehydes is 1. The van der Waals surface area contributed by atoms with Gasteiger partial charge in [-0.05, 0) is 49.9 Å². The maximum Gasteiger partial charge on any atom is 0.152 e. The molecule has 0 aliphatic heterocycles. The Morgan fingerprint density at radius 3 is 1.36 bits per heavy atom. The number of thiophene rings is 6. The Morgan fingerprint density at radius 2 is 0.900 bits per heavy atom. The van der Waals surface area contributed by atoms with Crippen LogP contribution in [0.25, 0.3) is 28.2 Å². The van der Waals surface area contributed by atoms with Crippen LogP contribution >= 0.6 is 68.0 Å². The van der Waals surface area contributed by atoms with Crippen LogP contribution in [0.5, 0.6) is 5.75 Å². The van der Waals surface area contributed by atoms with Crippen molar-refractivity contribution in [2.24, 2.45) is 0 Å². The molecule has 0 radical (unpaired) electrons. The third kappa shape index (κ3) is 9.90. The van der Waals surface area contributed by atoms with E-state index in [4.69, 9.17) is 4.74 Å². The minimum absolute atomic E-state index is 0.820. The van der Waals surface area contributed by atoms with Crippen LogP contribution in [-0.4, -0.2) is 13.4 Å². The summed E-state index contributed by atoms with van der Waals surface area (Å²) in [4.78, 5) is 20.7. The summed E-state index contributed by atoms with van der Waals surface area (Å²) in [5.74, 6) is 0.967. The molecule has 6 aromatic heterocycles. The van der Waals surface area contributed by atoms with Crippen LogP contribution < -0.4 is 4.74 Å². The van der Waals surface area contributed by atoms with Crippen molar-refractivity contribution < 1.29 is 9.53 Å². The van der Waals surface area contributed by atoms with Crippen molar-refractivity contribution in [3.63, 3.8) is 0 Å². The Kier molecular flexibility index (Phi) is 14.9. The molecule has 50 heavy (non-hydrogen) atoms. The SMILES string of the molecule is CCCCCCCCCCc1cc2sc(Cc3sc4c(OC)c(Cc5cc6sc(CCCCCCCCCC)cc6s5)sc4c3C=O)cc2s1. The normalized spacial score (nSPS) is 12.0. The summed E-state index contributed by atoms with van der Waals surface area (Å²) in [5.41, 5.74) is 0.865. The lowest BCUT2D eigenvalue weighted by atomic mass is 10.1. The lowest BCUT2D eigenvalue weighted by Crippen LogP contribution is -1.88. The fourth-order valence-electron chi connectivity index (χ4n) is 7.07. The standard InChI is InChI=1S/C42H54O2S6/c1-4-6-8-10-12-14-16-18-20-29-22-35-37(45-29)25-31(47-35)24-34-33(28-43)41-42(49-34)40(44-3)39(50-41)27-32-26-38-36(48-32)23-30(46-38)21-19-17-15-13-11-9-7-5-2/h22-23,25-26,28H,4-21,24,27H2,1-3H3. The molecular formula is C42H54O2S6. The number of carbonyl (C=O) groups excluding carboxylic acids is 1. The molecular weight excluding hydrogens is 729 g/mol. The molecule has 0 atom stereocenters. The van der Waals surface area contributed by atoms with Crippen LogP contribution in [0.3, 0.4) is 0 Å². The smallest absolute Gasteiger partial charge is 0.152 e. The van der Waals surface area contributed by atoms with E-state index in [1.54, 1.807) is 29.8 Å². The van der Waals surface area contributed by atoms with Crippen molar-refractivity contribution in [2.45, 2.75) is 142 Å². The number of aryl methyl sites for hydroxylation is 2. The van der Waals surface area contributed by atoms with Crippen LogP contribution in [0.15, 0.2) is 24.3 Å². The fourth-order valence-corrected chi connectivity index (χ4v) is 15.1. The van der Waals surface area contributed by atoms with E-state index >= 15 is 0 Å². The first kappa shape index (κ1) is 38.2. The molecule has 0 saturated heterocycles. The van der Waals surface area contributed by atoms with Gasteiger partial charge in [-0.25, -0.2) is 0 Å². The highest BCUT2D eigenvalue weighted by Gasteiger charge is 2.23. The maximum absolute atomic E-state index is 12.5. The topological polar surface area (TPSA) is 26.3 Å². The van der Waals surface area contributed by atoms with Gasteiger partial charge in [0.2, 0.25) is 0 Å². The van der Waals surface area contributed by atoms with Crippen LogP contribution in [0.1, 0.15) is 156 Å². The van der Waals surface area contributed by atoms with Gasteiger partial charge in [0.15, 0.2) is 12.0 Å². The van der Waals surface area contributed by atoms with E-state index in [2.05, 4.69) is 38.1 Å². The summed E-state index contributed by atoms with van der Waals surface area (Å²) in [6, 6.07) is 9.62. The second kappa shape index (κ2) is 19.5. The number of ether oxygens (including phenoxy) is 1. The van der Waals surface area contributed by atoms with E-state index in [9.17, 15) is 4.79 Å². The maximum atomic E-state index is 12.5. The fraction of sp³-hybridized carbons (Fsp3) is 0.548. The number of fused-ring (bicyclic) bond motifs is 3. The van der Waals surface area contributed by atoms with E-state index in [1.165, 1.54) is 164 Å². The second-order valence-corrected chi connectivity index (χ2v) is 20.8. The third-order valence-corrected chi connectivity index (χ3v) is 17.1. The molecule has 0 aliphatic carbocycles. The Balaban J connectivity index is 1.03. The van der Waals surface area contributed by atoms with Crippen LogP contribution in [0, 0.1) is 0 Å². The van der Waals surface area contributed by atoms with Crippen molar-refractivity contribution in [1.82, 2.24) is 0 Å². The van der Waals surface area contributed by atoms with Crippen LogP contribution in [0.2, 0.25) is 0 Å². The number of hydrogen-bond acceptors (Lipinski definition) is 8. The number of unbranched alkanes of at least 4 members (excludes halogenated alkanes) is 14. The highest BCUT2D eigenvalue weighted by atomic mass is 32.1. The minimum atomic E-state index is 0.820. The zero-order valence-corrected chi connectivity index (χ0v) is 35.2. The van der Waals surface area contributed by atoms with Crippen molar-refractivity contribution in [3.05, 3.63) is 59.1 Å². The van der Waals surface area contributed by atoms with Crippen molar-refractivity contribution >= 4 is 103 Å². The molecule has 6 aromatic rings. The predicted molar refractivity (Wildman–Crippen MR) is 229 cm³/mol. The monoisotopic (exact) mass is 782 g/mol. The molecule has 2 nitrogen and oxygen atoms in total. The van der Waals surface area contributed by atoms with Crippen molar-refractivity contribution in [1.29, 1.82) is 0 Å². The largest absolute Gasteiger partial charge is 0.494 e. The average molecular weight is 783 g/mol. The summed E-state index contributed by atoms with van der Waals surface area (Å²) in [5, 5.41) is 0. The van der Waals surface area contributed by atoms with Gasteiger partial charge in [-0.1, -0.05) is 104 Å². The molecule has 0 N–H and O–H groups in total. The number of rotatable bonds is 24. The summed E-state index contributed by atoms with van der Waals surface area (Å²) < 4.78 is 13.9. The van der Waals surface area contributed by atoms with Gasteiger partial charge in [-0.15, -0.1) is 68.0 Å². The molecule has 0 aromatic carbocycles. The summed E-state index contributed by atoms with van der Waals surface area (Å²) in [6.07, 6.45) is 27.1. The van der Waals surface area contributed by atoms with Crippen LogP contribution in [0.4, 0.5) is 0 Å². The molecule has 8 heteroatoms. The van der Waals surface area contributed by atoms with Gasteiger partial charge in [0.1, 0.15) is 0 Å². The van der Waals surface area contributed by atoms with Crippen LogP contribution in [-0.2, 0) is 25.7 Å². The van der Waals surface area contributed by atoms with Gasteiger partial charge >= 0.3 is 0 Å². The quantitative estimate of drug-likeness (QED) is 0.0451. The predicted octanol–water partition coefficient (Wildman–Crippen LogP) is 15.9. The average Bonchev–Trinajstić information content (AvgIpc) is 3.94. The second-order valence-electron chi connectivity index (χ2n) is 13.9. The molecule has 0 amide bonds. The van der Waals surface area contributed by atoms with Gasteiger partial charge in [-0.2, -0.15) is 0 Å². The zero-order valence-electron chi connectivity index (χ0n) is 30.3. The molecule has 0 bridgehead atoms. The van der Waals surface area contributed by atoms with E-state index in [-0.39, 0.29) is 0 Å². The lowest BCUT2D eigenvalue weighted by Gasteiger charge is -2.02. The minimum Gasteiger partial charge on any atom is -0.494 e. The van der Waals surface area contributed by atoms with E-state index < -0.39 is 0 Å². The molecule has 6 heterocycles. The highest BCUT2D eigenvalue weighted by molar-refractivity contribution is 7.30. The van der Waals surface area contributed by atoms with Gasteiger partial charge in [0, 0.05) is 61.6 Å². The molecule has 0 unspecified atom stereocenters. The Morgan fingerprint density at radius 1 is 0.500 bits per heavy atom. The van der Waals surface area contributed by atoms with E-state index in [1.807, 2.05) is 45.3 Å². The van der Waals surface area contributed by atoms with Gasteiger partial charge in [0.25, 0.3) is 0 Å². The summed E-state index contributed by atoms with van der Waals surface area (Å²) in [7, 11) is 1.79. The first-order valence-corrected chi connectivity index (χ1v) is 24.1. The summed E-state index contributed by atoms with van der Waals surface area (Å²) in [6.45, 7) is 4.57. The van der Waals surface area contributed by atoms with Gasteiger partial charge in [-0.3, -0.25) is 4.79 Å². The number of hydrogen-bond donors (Lipinski definition) is 0. The first-order valence-electron chi connectivity index (χ1n) is 19.2. The number of methoxy groups -OCH3 is 1. The molecule has 0 spiro atoms. The number of carbonyl (C=O) groups is 1. The first-order chi connectivity index (χ1) is 24.6. The summed E-state index contributed by atoms with van der Waals surface area (Å²) >= 11 is 11.3. The lowest BCUT2D eigenvalue weighted by molar-refractivity contribution is 0.112. The van der Waals surface area contributed by atoms with Gasteiger partial charge in [0.05, 0.1) is 21.4 Å². The highest BCUT2D eigenvalue weighted by Crippen LogP contribution is 2.48. The molecule has 0 fully saturated rings. The van der Waals surface area contributed by atoms with E-state index in [0.717, 1.165) is 39.8 Å². The molecule has 270 valence electrons. The zero-order chi connectivity index (χ0) is 34.7. The van der Waals surface area contributed by atoms with Crippen molar-refractivity contribution in [2.75, 3.05) is 7.11 Å². The van der Waals surface area contributed by atoms with Crippen molar-refractivity contribution in [3.8, 4) is 5.75 Å². The van der Waals surface area contributed by atoms with E-state index in [0.29, 0.717) is 0 Å². The Labute approximate surface area is 323 Å². The Hall–Kier alpha value is -1.55. The third-order valence-electron chi connectivity index (χ3n) is 9.82.